The fraction of sp³-hybridized carbons (Fsp3) is 0.176. The van der Waals surface area contributed by atoms with Gasteiger partial charge in [-0.2, -0.15) is 0 Å². The van der Waals surface area contributed by atoms with Crippen molar-refractivity contribution in [2.24, 2.45) is 0 Å². The van der Waals surface area contributed by atoms with E-state index in [-0.39, 0.29) is 5.91 Å². The minimum atomic E-state index is -0.116. The van der Waals surface area contributed by atoms with Gasteiger partial charge < -0.3 is 4.74 Å². The van der Waals surface area contributed by atoms with E-state index in [4.69, 9.17) is 4.74 Å². The number of carbonyl (C=O) groups is 1. The predicted molar refractivity (Wildman–Crippen MR) is 95.8 cm³/mol. The summed E-state index contributed by atoms with van der Waals surface area (Å²) in [7, 11) is 1.64. The number of carbonyl (C=O) groups excluding carboxylic acids is 1. The monoisotopic (exact) mass is 344 g/mol. The molecule has 0 aliphatic heterocycles. The summed E-state index contributed by atoms with van der Waals surface area (Å²) in [4.78, 5) is 17.5. The molecule has 2 aromatic heterocycles. The van der Waals surface area contributed by atoms with E-state index < -0.39 is 0 Å². The van der Waals surface area contributed by atoms with Crippen LogP contribution in [-0.4, -0.2) is 18.0 Å². The lowest BCUT2D eigenvalue weighted by atomic mass is 10.1. The van der Waals surface area contributed by atoms with Gasteiger partial charge in [0, 0.05) is 10.9 Å². The van der Waals surface area contributed by atoms with Crippen molar-refractivity contribution in [2.75, 3.05) is 12.4 Å². The van der Waals surface area contributed by atoms with Crippen molar-refractivity contribution in [3.8, 4) is 17.0 Å². The quantitative estimate of drug-likeness (QED) is 0.743. The molecule has 118 valence electrons. The van der Waals surface area contributed by atoms with E-state index >= 15 is 0 Å². The molecule has 0 spiro atoms. The van der Waals surface area contributed by atoms with Crippen LogP contribution < -0.4 is 10.1 Å². The summed E-state index contributed by atoms with van der Waals surface area (Å²) in [6.45, 7) is 3.95. The average molecular weight is 344 g/mol. The molecule has 0 fully saturated rings. The molecule has 23 heavy (non-hydrogen) atoms. The Labute approximate surface area is 142 Å². The number of aromatic nitrogens is 1. The summed E-state index contributed by atoms with van der Waals surface area (Å²) in [5.74, 6) is 0.655. The number of rotatable bonds is 4. The Kier molecular flexibility index (Phi) is 4.45. The molecule has 3 rings (SSSR count). The third kappa shape index (κ3) is 3.28. The van der Waals surface area contributed by atoms with Crippen molar-refractivity contribution in [3.05, 3.63) is 51.0 Å². The van der Waals surface area contributed by atoms with Crippen molar-refractivity contribution in [1.82, 2.24) is 4.98 Å². The molecule has 0 aliphatic carbocycles. The number of hydrogen-bond donors (Lipinski definition) is 1. The summed E-state index contributed by atoms with van der Waals surface area (Å²) < 4.78 is 5.40. The van der Waals surface area contributed by atoms with E-state index in [1.807, 2.05) is 48.9 Å². The highest BCUT2D eigenvalue weighted by atomic mass is 32.1. The fourth-order valence-corrected chi connectivity index (χ4v) is 3.76. The van der Waals surface area contributed by atoms with Gasteiger partial charge in [-0.05, 0) is 43.0 Å². The second kappa shape index (κ2) is 6.52. The number of methoxy groups -OCH3 is 1. The van der Waals surface area contributed by atoms with Gasteiger partial charge in [0.05, 0.1) is 17.7 Å². The van der Waals surface area contributed by atoms with Crippen LogP contribution in [0.1, 0.15) is 20.8 Å². The maximum atomic E-state index is 12.3. The highest BCUT2D eigenvalue weighted by Crippen LogP contribution is 2.33. The van der Waals surface area contributed by atoms with Gasteiger partial charge in [-0.1, -0.05) is 11.6 Å². The second-order valence-electron chi connectivity index (χ2n) is 5.13. The SMILES string of the molecule is COc1ccc(C)cc1-c1csc(NC(=O)c2sccc2C)n1. The Morgan fingerprint density at radius 2 is 2.04 bits per heavy atom. The van der Waals surface area contributed by atoms with Crippen LogP contribution in [0.3, 0.4) is 0 Å². The molecule has 0 aliphatic rings. The molecule has 0 saturated heterocycles. The highest BCUT2D eigenvalue weighted by Gasteiger charge is 2.14. The second-order valence-corrected chi connectivity index (χ2v) is 6.90. The van der Waals surface area contributed by atoms with Gasteiger partial charge in [-0.3, -0.25) is 10.1 Å². The largest absolute Gasteiger partial charge is 0.496 e. The lowest BCUT2D eigenvalue weighted by Crippen LogP contribution is -2.11. The number of ether oxygens (including phenoxy) is 1. The Bertz CT molecular complexity index is 852. The van der Waals surface area contributed by atoms with E-state index in [0.29, 0.717) is 5.13 Å². The van der Waals surface area contributed by atoms with Crippen LogP contribution in [0.5, 0.6) is 5.75 Å². The molecule has 6 heteroatoms. The lowest BCUT2D eigenvalue weighted by molar-refractivity contribution is 0.103. The minimum Gasteiger partial charge on any atom is -0.496 e. The van der Waals surface area contributed by atoms with Crippen LogP contribution >= 0.6 is 22.7 Å². The zero-order valence-corrected chi connectivity index (χ0v) is 14.7. The normalized spacial score (nSPS) is 10.6. The van der Waals surface area contributed by atoms with Crippen molar-refractivity contribution < 1.29 is 9.53 Å². The Hall–Kier alpha value is -2.18. The van der Waals surface area contributed by atoms with Crippen LogP contribution in [0.2, 0.25) is 0 Å². The number of thiophene rings is 1. The molecule has 0 atom stereocenters. The lowest BCUT2D eigenvalue weighted by Gasteiger charge is -2.07. The topological polar surface area (TPSA) is 51.2 Å². The average Bonchev–Trinajstić information content (AvgIpc) is 3.16. The highest BCUT2D eigenvalue weighted by molar-refractivity contribution is 7.14. The third-order valence-corrected chi connectivity index (χ3v) is 5.20. The summed E-state index contributed by atoms with van der Waals surface area (Å²) in [5, 5.41) is 7.29. The molecule has 1 N–H and O–H groups in total. The first kappa shape index (κ1) is 15.7. The van der Waals surface area contributed by atoms with Gasteiger partial charge in [-0.25, -0.2) is 4.98 Å². The number of benzene rings is 1. The fourth-order valence-electron chi connectivity index (χ4n) is 2.24. The molecule has 0 unspecified atom stereocenters. The van der Waals surface area contributed by atoms with Crippen LogP contribution in [0, 0.1) is 13.8 Å². The summed E-state index contributed by atoms with van der Waals surface area (Å²) in [5.41, 5.74) is 3.84. The standard InChI is InChI=1S/C17H16N2O2S2/c1-10-4-5-14(21-3)12(8-10)13-9-23-17(18-13)19-16(20)15-11(2)6-7-22-15/h4-9H,1-3H3,(H,18,19,20). The first-order valence-electron chi connectivity index (χ1n) is 7.04. The van der Waals surface area contributed by atoms with Gasteiger partial charge >= 0.3 is 0 Å². The van der Waals surface area contributed by atoms with Crippen LogP contribution in [0.25, 0.3) is 11.3 Å². The van der Waals surface area contributed by atoms with Gasteiger partial charge in [0.2, 0.25) is 0 Å². The molecular formula is C17H16N2O2S2. The molecule has 0 radical (unpaired) electrons. The molecule has 0 saturated carbocycles. The molecule has 4 nitrogen and oxygen atoms in total. The maximum Gasteiger partial charge on any atom is 0.267 e. The maximum absolute atomic E-state index is 12.3. The van der Waals surface area contributed by atoms with Crippen LogP contribution in [0.15, 0.2) is 35.0 Å². The summed E-state index contributed by atoms with van der Waals surface area (Å²) in [6, 6.07) is 7.89. The number of aryl methyl sites for hydroxylation is 2. The van der Waals surface area contributed by atoms with Crippen LogP contribution in [0.4, 0.5) is 5.13 Å². The number of nitrogens with zero attached hydrogens (tertiary/aromatic N) is 1. The Balaban J connectivity index is 1.85. The number of hydrogen-bond acceptors (Lipinski definition) is 5. The van der Waals surface area contributed by atoms with Crippen LogP contribution in [-0.2, 0) is 0 Å². The number of thiazole rings is 1. The summed E-state index contributed by atoms with van der Waals surface area (Å²) in [6.07, 6.45) is 0. The molecule has 3 aromatic rings. The van der Waals surface area contributed by atoms with E-state index in [0.717, 1.165) is 33.0 Å². The van der Waals surface area contributed by atoms with Crippen molar-refractivity contribution in [2.45, 2.75) is 13.8 Å². The van der Waals surface area contributed by atoms with Crippen molar-refractivity contribution in [3.63, 3.8) is 0 Å². The zero-order valence-electron chi connectivity index (χ0n) is 13.0. The van der Waals surface area contributed by atoms with Gasteiger partial charge in [0.15, 0.2) is 5.13 Å². The van der Waals surface area contributed by atoms with E-state index in [1.54, 1.807) is 7.11 Å². The smallest absolute Gasteiger partial charge is 0.267 e. The minimum absolute atomic E-state index is 0.116. The zero-order chi connectivity index (χ0) is 16.4. The first-order chi connectivity index (χ1) is 11.1. The molecule has 2 heterocycles. The molecule has 0 bridgehead atoms. The predicted octanol–water partition coefficient (Wildman–Crippen LogP) is 4.75. The van der Waals surface area contributed by atoms with Crippen molar-refractivity contribution in [1.29, 1.82) is 0 Å². The Morgan fingerprint density at radius 1 is 1.22 bits per heavy atom. The van der Waals surface area contributed by atoms with Crippen molar-refractivity contribution >= 4 is 33.7 Å². The van der Waals surface area contributed by atoms with Gasteiger partial charge in [-0.15, -0.1) is 22.7 Å². The van der Waals surface area contributed by atoms with E-state index in [2.05, 4.69) is 10.3 Å². The number of anilines is 1. The molecule has 1 amide bonds. The van der Waals surface area contributed by atoms with E-state index in [9.17, 15) is 4.79 Å². The van der Waals surface area contributed by atoms with Gasteiger partial charge in [0.1, 0.15) is 5.75 Å². The number of nitrogens with one attached hydrogen (secondary N) is 1. The molecular weight excluding hydrogens is 328 g/mol. The first-order valence-corrected chi connectivity index (χ1v) is 8.80. The summed E-state index contributed by atoms with van der Waals surface area (Å²) >= 11 is 2.84. The number of amides is 1. The van der Waals surface area contributed by atoms with E-state index in [1.165, 1.54) is 22.7 Å². The molecule has 1 aromatic carbocycles. The van der Waals surface area contributed by atoms with Gasteiger partial charge in [0.25, 0.3) is 5.91 Å². The third-order valence-electron chi connectivity index (χ3n) is 3.42. The Morgan fingerprint density at radius 3 is 2.74 bits per heavy atom.